The molecule has 0 saturated carbocycles. The molecule has 4 rings (SSSR count). The highest BCUT2D eigenvalue weighted by atomic mass is 79.9. The molecule has 4 aromatic heterocycles. The van der Waals surface area contributed by atoms with Crippen LogP contribution < -0.4 is 0 Å². The number of aromatic nitrogens is 8. The van der Waals surface area contributed by atoms with E-state index in [0.29, 0.717) is 6.54 Å². The molecule has 0 spiro atoms. The SMILES string of the molecule is CC(Cn1cc(Br)cn1)c1nc2c3cnn(C)c3ncn2n1. The standard InChI is InChI=1S/C13H13BrN8/c1-8(5-21-6-9(14)3-17-21)11-18-13-10-4-16-20(2)12(10)15-7-22(13)19-11/h3-4,6-8H,5H2,1-2H3. The third-order valence-corrected chi connectivity index (χ3v) is 4.00. The minimum absolute atomic E-state index is 0.137. The average Bonchev–Trinajstić information content (AvgIpc) is 3.17. The molecule has 8 nitrogen and oxygen atoms in total. The van der Waals surface area contributed by atoms with Crippen molar-refractivity contribution < 1.29 is 0 Å². The largest absolute Gasteiger partial charge is 0.271 e. The summed E-state index contributed by atoms with van der Waals surface area (Å²) in [5.41, 5.74) is 1.58. The van der Waals surface area contributed by atoms with Crippen molar-refractivity contribution in [3.63, 3.8) is 0 Å². The smallest absolute Gasteiger partial charge is 0.170 e. The van der Waals surface area contributed by atoms with Crippen molar-refractivity contribution in [1.29, 1.82) is 0 Å². The second-order valence-corrected chi connectivity index (χ2v) is 6.19. The first-order valence-electron chi connectivity index (χ1n) is 6.83. The lowest BCUT2D eigenvalue weighted by Gasteiger charge is -2.06. The first kappa shape index (κ1) is 13.4. The lowest BCUT2D eigenvalue weighted by molar-refractivity contribution is 0.524. The summed E-state index contributed by atoms with van der Waals surface area (Å²) in [6.07, 6.45) is 7.15. The van der Waals surface area contributed by atoms with Crippen LogP contribution >= 0.6 is 15.9 Å². The van der Waals surface area contributed by atoms with Gasteiger partial charge < -0.3 is 0 Å². The van der Waals surface area contributed by atoms with Gasteiger partial charge >= 0.3 is 0 Å². The minimum atomic E-state index is 0.137. The highest BCUT2D eigenvalue weighted by Crippen LogP contribution is 2.19. The van der Waals surface area contributed by atoms with Crippen LogP contribution in [-0.4, -0.2) is 39.1 Å². The second-order valence-electron chi connectivity index (χ2n) is 5.27. The molecule has 0 aliphatic heterocycles. The molecule has 0 aliphatic rings. The zero-order valence-electron chi connectivity index (χ0n) is 12.0. The predicted molar refractivity (Wildman–Crippen MR) is 83.4 cm³/mol. The zero-order chi connectivity index (χ0) is 15.3. The van der Waals surface area contributed by atoms with E-state index < -0.39 is 0 Å². The summed E-state index contributed by atoms with van der Waals surface area (Å²) in [6.45, 7) is 2.80. The van der Waals surface area contributed by atoms with E-state index in [0.717, 1.165) is 27.0 Å². The number of hydrogen-bond donors (Lipinski definition) is 0. The van der Waals surface area contributed by atoms with Crippen LogP contribution in [0.15, 0.2) is 29.4 Å². The Labute approximate surface area is 133 Å². The Balaban J connectivity index is 1.74. The fourth-order valence-electron chi connectivity index (χ4n) is 2.46. The molecule has 4 heterocycles. The summed E-state index contributed by atoms with van der Waals surface area (Å²) < 4.78 is 6.27. The van der Waals surface area contributed by atoms with Crippen LogP contribution in [0.5, 0.6) is 0 Å². The van der Waals surface area contributed by atoms with Gasteiger partial charge in [-0.05, 0) is 15.9 Å². The van der Waals surface area contributed by atoms with Gasteiger partial charge in [-0.1, -0.05) is 6.92 Å². The van der Waals surface area contributed by atoms with Gasteiger partial charge in [-0.25, -0.2) is 14.5 Å². The quantitative estimate of drug-likeness (QED) is 0.556. The molecular weight excluding hydrogens is 348 g/mol. The van der Waals surface area contributed by atoms with Crippen LogP contribution in [0, 0.1) is 0 Å². The van der Waals surface area contributed by atoms with Crippen molar-refractivity contribution in [2.75, 3.05) is 0 Å². The Bertz CT molecular complexity index is 965. The molecule has 0 saturated heterocycles. The van der Waals surface area contributed by atoms with E-state index in [4.69, 9.17) is 0 Å². The molecule has 4 aromatic rings. The molecule has 9 heteroatoms. The normalized spacial score (nSPS) is 13.2. The van der Waals surface area contributed by atoms with E-state index in [1.54, 1.807) is 27.9 Å². The Kier molecular flexibility index (Phi) is 2.96. The van der Waals surface area contributed by atoms with Gasteiger partial charge in [-0.15, -0.1) is 5.10 Å². The molecule has 112 valence electrons. The maximum Gasteiger partial charge on any atom is 0.170 e. The Morgan fingerprint density at radius 3 is 2.86 bits per heavy atom. The van der Waals surface area contributed by atoms with Crippen molar-refractivity contribution in [2.24, 2.45) is 7.05 Å². The van der Waals surface area contributed by atoms with Crippen molar-refractivity contribution in [3.8, 4) is 0 Å². The van der Waals surface area contributed by atoms with Crippen LogP contribution in [-0.2, 0) is 13.6 Å². The van der Waals surface area contributed by atoms with Gasteiger partial charge in [0, 0.05) is 19.2 Å². The van der Waals surface area contributed by atoms with Gasteiger partial charge in [0.25, 0.3) is 0 Å². The van der Waals surface area contributed by atoms with Gasteiger partial charge in [0.15, 0.2) is 17.1 Å². The summed E-state index contributed by atoms with van der Waals surface area (Å²) in [6, 6.07) is 0. The Hall–Kier alpha value is -2.29. The number of hydrogen-bond acceptors (Lipinski definition) is 5. The average molecular weight is 361 g/mol. The van der Waals surface area contributed by atoms with E-state index in [-0.39, 0.29) is 5.92 Å². The first-order valence-corrected chi connectivity index (χ1v) is 7.62. The maximum atomic E-state index is 4.66. The monoisotopic (exact) mass is 360 g/mol. The van der Waals surface area contributed by atoms with Gasteiger partial charge in [0.1, 0.15) is 6.33 Å². The molecule has 0 fully saturated rings. The molecule has 1 atom stereocenters. The lowest BCUT2D eigenvalue weighted by Crippen LogP contribution is -2.08. The zero-order valence-corrected chi connectivity index (χ0v) is 13.6. The molecule has 1 unspecified atom stereocenters. The minimum Gasteiger partial charge on any atom is -0.271 e. The second kappa shape index (κ2) is 4.87. The van der Waals surface area contributed by atoms with Crippen molar-refractivity contribution in [2.45, 2.75) is 19.4 Å². The summed E-state index contributed by atoms with van der Waals surface area (Å²) in [5, 5.41) is 13.9. The summed E-state index contributed by atoms with van der Waals surface area (Å²) in [4.78, 5) is 9.03. The van der Waals surface area contributed by atoms with Gasteiger partial charge in [-0.3, -0.25) is 9.36 Å². The number of nitrogens with zero attached hydrogens (tertiary/aromatic N) is 8. The third kappa shape index (κ3) is 2.08. The topological polar surface area (TPSA) is 78.7 Å². The van der Waals surface area contributed by atoms with Gasteiger partial charge in [0.05, 0.1) is 28.8 Å². The fourth-order valence-corrected chi connectivity index (χ4v) is 2.79. The number of rotatable bonds is 3. The van der Waals surface area contributed by atoms with E-state index >= 15 is 0 Å². The summed E-state index contributed by atoms with van der Waals surface area (Å²) in [7, 11) is 1.86. The Morgan fingerprint density at radius 2 is 2.09 bits per heavy atom. The van der Waals surface area contributed by atoms with E-state index in [2.05, 4.69) is 48.1 Å². The molecule has 0 aromatic carbocycles. The molecule has 0 N–H and O–H groups in total. The number of fused-ring (bicyclic) bond motifs is 3. The predicted octanol–water partition coefficient (Wildman–Crippen LogP) is 1.77. The van der Waals surface area contributed by atoms with E-state index in [9.17, 15) is 0 Å². The van der Waals surface area contributed by atoms with Crippen LogP contribution in [0.25, 0.3) is 16.7 Å². The van der Waals surface area contributed by atoms with E-state index in [1.807, 2.05) is 17.9 Å². The fraction of sp³-hybridized carbons (Fsp3) is 0.308. The van der Waals surface area contributed by atoms with Crippen LogP contribution in [0.1, 0.15) is 18.7 Å². The summed E-state index contributed by atoms with van der Waals surface area (Å²) >= 11 is 3.40. The summed E-state index contributed by atoms with van der Waals surface area (Å²) in [5.74, 6) is 0.906. The Morgan fingerprint density at radius 1 is 1.23 bits per heavy atom. The number of halogens is 1. The van der Waals surface area contributed by atoms with E-state index in [1.165, 1.54) is 0 Å². The number of aryl methyl sites for hydroxylation is 1. The highest BCUT2D eigenvalue weighted by molar-refractivity contribution is 9.10. The third-order valence-electron chi connectivity index (χ3n) is 3.59. The lowest BCUT2D eigenvalue weighted by atomic mass is 10.2. The first-order chi connectivity index (χ1) is 10.6. The van der Waals surface area contributed by atoms with Crippen molar-refractivity contribution in [1.82, 2.24) is 39.1 Å². The molecule has 22 heavy (non-hydrogen) atoms. The highest BCUT2D eigenvalue weighted by Gasteiger charge is 2.16. The molecule has 0 bridgehead atoms. The molecule has 0 aliphatic carbocycles. The van der Waals surface area contributed by atoms with Crippen molar-refractivity contribution >= 4 is 32.6 Å². The van der Waals surface area contributed by atoms with Crippen LogP contribution in [0.4, 0.5) is 0 Å². The van der Waals surface area contributed by atoms with Crippen LogP contribution in [0.3, 0.4) is 0 Å². The molecule has 0 radical (unpaired) electrons. The van der Waals surface area contributed by atoms with Gasteiger partial charge in [-0.2, -0.15) is 10.2 Å². The van der Waals surface area contributed by atoms with Crippen LogP contribution in [0.2, 0.25) is 0 Å². The maximum absolute atomic E-state index is 4.66. The molecule has 0 amide bonds. The van der Waals surface area contributed by atoms with Crippen molar-refractivity contribution in [3.05, 3.63) is 35.2 Å². The molecular formula is C13H13BrN8. The van der Waals surface area contributed by atoms with Gasteiger partial charge in [0.2, 0.25) is 0 Å².